The van der Waals surface area contributed by atoms with Gasteiger partial charge in [0.1, 0.15) is 35.9 Å². The number of benzene rings is 4. The summed E-state index contributed by atoms with van der Waals surface area (Å²) in [7, 11) is 0. The Labute approximate surface area is 281 Å². The molecular weight excluding hydrogens is 638 g/mol. The van der Waals surface area contributed by atoms with Gasteiger partial charge >= 0.3 is 0 Å². The van der Waals surface area contributed by atoms with E-state index < -0.39 is 78.4 Å². The number of phenolic OH excluding ortho intramolecular Hbond substituents is 5. The summed E-state index contributed by atoms with van der Waals surface area (Å²) < 4.78 is 5.19. The second kappa shape index (κ2) is 13.2. The lowest BCUT2D eigenvalue weighted by Gasteiger charge is -2.38. The summed E-state index contributed by atoms with van der Waals surface area (Å²) in [6.45, 7) is 9.09. The van der Waals surface area contributed by atoms with Gasteiger partial charge in [-0.25, -0.2) is 0 Å². The van der Waals surface area contributed by atoms with Crippen molar-refractivity contribution in [2.75, 3.05) is 6.61 Å². The third-order valence-corrected chi connectivity index (χ3v) is 9.45. The summed E-state index contributed by atoms with van der Waals surface area (Å²) in [5, 5.41) is 120. The predicted octanol–water partition coefficient (Wildman–Crippen LogP) is 3.47. The van der Waals surface area contributed by atoms with Crippen LogP contribution in [0, 0.1) is 13.8 Å². The molecule has 13 nitrogen and oxygen atoms in total. The lowest BCUT2D eigenvalue weighted by molar-refractivity contribution is -0.248. The van der Waals surface area contributed by atoms with Gasteiger partial charge in [-0.05, 0) is 47.6 Å². The maximum atomic E-state index is 12.1. The highest BCUT2D eigenvalue weighted by atomic mass is 16.6. The van der Waals surface area contributed by atoms with Crippen molar-refractivity contribution in [1.82, 2.24) is 0 Å². The molecule has 4 aromatic rings. The van der Waals surface area contributed by atoms with E-state index in [1.54, 1.807) is 53.7 Å². The molecule has 1 fully saturated rings. The van der Waals surface area contributed by atoms with Crippen LogP contribution in [0.3, 0.4) is 0 Å². The maximum Gasteiger partial charge on any atom is 0.180 e. The molecule has 1 aliphatic heterocycles. The van der Waals surface area contributed by atoms with Gasteiger partial charge in [0.15, 0.2) is 29.3 Å². The largest absolute Gasteiger partial charge is 0.507 e. The number of hydrogen-bond donors (Lipinski definition) is 11. The Morgan fingerprint density at radius 1 is 0.694 bits per heavy atom. The highest BCUT2D eigenvalue weighted by Gasteiger charge is 2.43. The zero-order valence-corrected chi connectivity index (χ0v) is 28.0. The average Bonchev–Trinajstić information content (AvgIpc) is 3.02. The van der Waals surface area contributed by atoms with Crippen molar-refractivity contribution in [3.05, 3.63) is 45.5 Å². The summed E-state index contributed by atoms with van der Waals surface area (Å²) in [6, 6.07) is 1.84. The highest BCUT2D eigenvalue weighted by molar-refractivity contribution is 6.13. The molecule has 1 heterocycles. The molecule has 0 unspecified atom stereocenters. The van der Waals surface area contributed by atoms with Crippen LogP contribution in [0.25, 0.3) is 32.7 Å². The molecule has 264 valence electrons. The molecule has 13 heteroatoms. The molecule has 0 aliphatic carbocycles. The van der Waals surface area contributed by atoms with Crippen LogP contribution in [0.5, 0.6) is 34.5 Å². The van der Waals surface area contributed by atoms with E-state index in [0.717, 1.165) is 6.21 Å². The first-order chi connectivity index (χ1) is 23.0. The van der Waals surface area contributed by atoms with Crippen LogP contribution in [-0.2, 0) is 11.3 Å². The third kappa shape index (κ3) is 5.56. The first kappa shape index (κ1) is 35.9. The number of aliphatic hydroxyl groups excluding tert-OH is 5. The smallest absolute Gasteiger partial charge is 0.180 e. The van der Waals surface area contributed by atoms with E-state index in [4.69, 9.17) is 4.74 Å². The monoisotopic (exact) mass is 681 g/mol. The number of ether oxygens (including phenoxy) is 1. The molecule has 5 atom stereocenters. The van der Waals surface area contributed by atoms with Crippen LogP contribution in [0.4, 0.5) is 0 Å². The number of aliphatic imine (C=N–C) groups is 1. The van der Waals surface area contributed by atoms with Gasteiger partial charge < -0.3 is 60.9 Å². The number of aromatic hydroxyl groups is 6. The van der Waals surface area contributed by atoms with Crippen molar-refractivity contribution in [3.63, 3.8) is 0 Å². The van der Waals surface area contributed by atoms with Crippen LogP contribution in [0.2, 0.25) is 0 Å². The van der Waals surface area contributed by atoms with E-state index in [-0.39, 0.29) is 44.9 Å². The lowest BCUT2D eigenvalue weighted by Crippen LogP contribution is -2.57. The number of fused-ring (bicyclic) bond motifs is 2. The van der Waals surface area contributed by atoms with Crippen LogP contribution in [-0.4, -0.2) is 99.6 Å². The molecular formula is C36H43NO12. The summed E-state index contributed by atoms with van der Waals surface area (Å²) in [6.07, 6.45) is -5.33. The number of aliphatic hydroxyl groups is 5. The Kier molecular flexibility index (Phi) is 9.65. The van der Waals surface area contributed by atoms with E-state index >= 15 is 0 Å². The standard InChI is InChI=1S/C36H43NO12/c1-12(2)21-16-7-14(5)23(24-15(6)8-17-22(13(3)4)34(46)29(41)19(10-38)26(17)32(24)44)31(43)25(16)18(28(40)33(21)45)9-37-27-35(47)30(42)20(11-39)49-36(27)48/h7-9,12-13,20,27,30,35-36,38-48H,10-11H2,1-6H3/t20-,27-,30-,35-,36-/m1/s1. The molecule has 0 saturated carbocycles. The Morgan fingerprint density at radius 2 is 1.18 bits per heavy atom. The van der Waals surface area contributed by atoms with Gasteiger partial charge in [0, 0.05) is 50.4 Å². The second-order valence-corrected chi connectivity index (χ2v) is 13.3. The van der Waals surface area contributed by atoms with Crippen molar-refractivity contribution in [1.29, 1.82) is 0 Å². The molecule has 4 aromatic carbocycles. The maximum absolute atomic E-state index is 12.1. The van der Waals surface area contributed by atoms with Gasteiger partial charge in [0.05, 0.1) is 13.2 Å². The van der Waals surface area contributed by atoms with Crippen LogP contribution < -0.4 is 0 Å². The van der Waals surface area contributed by atoms with Gasteiger partial charge in [-0.15, -0.1) is 0 Å². The van der Waals surface area contributed by atoms with E-state index in [2.05, 4.69) is 4.99 Å². The van der Waals surface area contributed by atoms with Crippen molar-refractivity contribution < 1.29 is 60.9 Å². The highest BCUT2D eigenvalue weighted by Crippen LogP contribution is 2.54. The van der Waals surface area contributed by atoms with Gasteiger partial charge in [0.2, 0.25) is 0 Å². The molecule has 0 aromatic heterocycles. The van der Waals surface area contributed by atoms with Gasteiger partial charge in [0.25, 0.3) is 0 Å². The minimum Gasteiger partial charge on any atom is -0.507 e. The fraction of sp³-hybridized carbons (Fsp3) is 0.417. The van der Waals surface area contributed by atoms with Crippen molar-refractivity contribution in [2.45, 2.75) is 90.6 Å². The molecule has 11 N–H and O–H groups in total. The molecule has 49 heavy (non-hydrogen) atoms. The number of aryl methyl sites for hydroxylation is 2. The van der Waals surface area contributed by atoms with Gasteiger partial charge in [-0.1, -0.05) is 39.8 Å². The van der Waals surface area contributed by atoms with E-state index in [0.29, 0.717) is 33.0 Å². The number of phenols is 6. The molecule has 5 rings (SSSR count). The Bertz CT molecular complexity index is 1990. The minimum absolute atomic E-state index is 0.00413. The molecule has 1 aliphatic rings. The number of hydrogen-bond acceptors (Lipinski definition) is 13. The lowest BCUT2D eigenvalue weighted by atomic mass is 9.83. The predicted molar refractivity (Wildman–Crippen MR) is 182 cm³/mol. The first-order valence-corrected chi connectivity index (χ1v) is 15.9. The number of rotatable bonds is 7. The fourth-order valence-corrected chi connectivity index (χ4v) is 7.10. The summed E-state index contributed by atoms with van der Waals surface area (Å²) in [5.41, 5.74) is 1.45. The average molecular weight is 682 g/mol. The zero-order chi connectivity index (χ0) is 36.4. The van der Waals surface area contributed by atoms with E-state index in [1.165, 1.54) is 0 Å². The third-order valence-electron chi connectivity index (χ3n) is 9.45. The molecule has 0 spiro atoms. The zero-order valence-electron chi connectivity index (χ0n) is 28.0. The topological polar surface area (TPSA) is 244 Å². The van der Waals surface area contributed by atoms with Gasteiger partial charge in [-0.2, -0.15) is 0 Å². The number of nitrogens with zero attached hydrogens (tertiary/aromatic N) is 1. The molecule has 1 saturated heterocycles. The Balaban J connectivity index is 1.87. The van der Waals surface area contributed by atoms with Crippen molar-refractivity contribution in [2.24, 2.45) is 4.99 Å². The summed E-state index contributed by atoms with van der Waals surface area (Å²) in [5.74, 6) is -3.67. The molecule has 0 radical (unpaired) electrons. The van der Waals surface area contributed by atoms with Crippen LogP contribution in [0.15, 0.2) is 17.1 Å². The van der Waals surface area contributed by atoms with E-state index in [1.807, 2.05) is 0 Å². The quantitative estimate of drug-likeness (QED) is 0.0992. The van der Waals surface area contributed by atoms with Crippen LogP contribution >= 0.6 is 0 Å². The van der Waals surface area contributed by atoms with Crippen molar-refractivity contribution >= 4 is 27.8 Å². The second-order valence-electron chi connectivity index (χ2n) is 13.3. The van der Waals surface area contributed by atoms with Crippen molar-refractivity contribution in [3.8, 4) is 45.6 Å². The van der Waals surface area contributed by atoms with Crippen LogP contribution in [0.1, 0.15) is 72.9 Å². The normalized spacial score (nSPS) is 21.6. The summed E-state index contributed by atoms with van der Waals surface area (Å²) >= 11 is 0. The molecule has 0 bridgehead atoms. The van der Waals surface area contributed by atoms with E-state index in [9.17, 15) is 56.2 Å². The Morgan fingerprint density at radius 3 is 1.67 bits per heavy atom. The fourth-order valence-electron chi connectivity index (χ4n) is 7.10. The first-order valence-electron chi connectivity index (χ1n) is 15.9. The summed E-state index contributed by atoms with van der Waals surface area (Å²) in [4.78, 5) is 4.17. The Hall–Kier alpha value is -4.37. The molecule has 0 amide bonds. The SMILES string of the molecule is Cc1cc2c(C(C)C)c(O)c(O)c(C=N[C@@H]3[C@@H](O)[C@H](O)[C@@H](CO)O[C@H]3O)c2c(O)c1-c1c(C)cc2c(C(C)C)c(O)c(O)c(CO)c2c1O. The minimum atomic E-state index is -1.76. The van der Waals surface area contributed by atoms with Gasteiger partial charge in [-0.3, -0.25) is 4.99 Å².